The van der Waals surface area contributed by atoms with Crippen LogP contribution in [-0.4, -0.2) is 4.98 Å². The normalized spacial score (nSPS) is 10.8. The van der Waals surface area contributed by atoms with E-state index in [2.05, 4.69) is 17.1 Å². The average Bonchev–Trinajstić information content (AvgIpc) is 2.71. The quantitative estimate of drug-likeness (QED) is 0.705. The lowest BCUT2D eigenvalue weighted by molar-refractivity contribution is 1.29. The van der Waals surface area contributed by atoms with Gasteiger partial charge in [-0.15, -0.1) is 11.3 Å². The van der Waals surface area contributed by atoms with E-state index in [1.165, 1.54) is 4.90 Å². The predicted molar refractivity (Wildman–Crippen MR) is 74.6 cm³/mol. The number of hydrogen-bond acceptors (Lipinski definition) is 4. The van der Waals surface area contributed by atoms with Crippen molar-refractivity contribution in [1.82, 2.24) is 4.98 Å². The van der Waals surface area contributed by atoms with Crippen LogP contribution in [-0.2, 0) is 0 Å². The maximum Gasteiger partial charge on any atom is 0.155 e. The fourth-order valence-corrected chi connectivity index (χ4v) is 3.66. The number of nitrogens with two attached hydrogens (primary N) is 1. The molecule has 0 saturated carbocycles. The van der Waals surface area contributed by atoms with Gasteiger partial charge < -0.3 is 5.73 Å². The molecule has 84 valence electrons. The van der Waals surface area contributed by atoms with Crippen molar-refractivity contribution >= 4 is 39.0 Å². The molecule has 1 aromatic heterocycles. The number of nitrogen functional groups attached to an aromatic ring is 1. The Morgan fingerprint density at radius 3 is 2.71 bits per heavy atom. The Morgan fingerprint density at radius 2 is 1.88 bits per heavy atom. The van der Waals surface area contributed by atoms with Crippen molar-refractivity contribution in [2.75, 3.05) is 5.73 Å². The molecule has 2 aromatic carbocycles. The van der Waals surface area contributed by atoms with Crippen LogP contribution in [0.5, 0.6) is 0 Å². The first-order valence-electron chi connectivity index (χ1n) is 5.20. The van der Waals surface area contributed by atoms with Gasteiger partial charge in [-0.2, -0.15) is 0 Å². The number of rotatable bonds is 2. The maximum atomic E-state index is 5.76. The molecule has 2 N–H and O–H groups in total. The smallest absolute Gasteiger partial charge is 0.155 e. The number of aromatic nitrogens is 1. The Morgan fingerprint density at radius 1 is 1.06 bits per heavy atom. The molecule has 2 nitrogen and oxygen atoms in total. The summed E-state index contributed by atoms with van der Waals surface area (Å²) in [5.41, 5.74) is 7.56. The highest BCUT2D eigenvalue weighted by atomic mass is 32.2. The fourth-order valence-electron chi connectivity index (χ4n) is 1.55. The van der Waals surface area contributed by atoms with Gasteiger partial charge in [0.2, 0.25) is 0 Å². The topological polar surface area (TPSA) is 38.9 Å². The summed E-state index contributed by atoms with van der Waals surface area (Å²) in [6, 6.07) is 16.1. The number of hydrogen-bond donors (Lipinski definition) is 1. The zero-order chi connectivity index (χ0) is 11.7. The van der Waals surface area contributed by atoms with Gasteiger partial charge in [-0.1, -0.05) is 30.0 Å². The van der Waals surface area contributed by atoms with Crippen molar-refractivity contribution < 1.29 is 0 Å². The summed E-state index contributed by atoms with van der Waals surface area (Å²) in [6.45, 7) is 0. The molecule has 0 aliphatic heterocycles. The summed E-state index contributed by atoms with van der Waals surface area (Å²) >= 11 is 3.36. The molecule has 4 heteroatoms. The molecule has 0 amide bonds. The highest BCUT2D eigenvalue weighted by Crippen LogP contribution is 2.34. The van der Waals surface area contributed by atoms with Crippen LogP contribution in [0.15, 0.2) is 57.8 Å². The first kappa shape index (κ1) is 10.6. The number of nitrogens with zero attached hydrogens (tertiary/aromatic N) is 1. The number of thiazole rings is 1. The number of benzene rings is 2. The first-order valence-corrected chi connectivity index (χ1v) is 6.83. The molecular formula is C13H10N2S2. The fraction of sp³-hybridized carbons (Fsp3) is 0. The molecular weight excluding hydrogens is 248 g/mol. The van der Waals surface area contributed by atoms with Gasteiger partial charge >= 0.3 is 0 Å². The Balaban J connectivity index is 1.96. The SMILES string of the molecule is Nc1ccc2nc(Sc3ccccc3)sc2c1. The Bertz CT molecular complexity index is 647. The van der Waals surface area contributed by atoms with Crippen LogP contribution < -0.4 is 5.73 Å². The van der Waals surface area contributed by atoms with Crippen molar-refractivity contribution in [3.05, 3.63) is 48.5 Å². The van der Waals surface area contributed by atoms with E-state index in [0.717, 1.165) is 20.2 Å². The van der Waals surface area contributed by atoms with E-state index < -0.39 is 0 Å². The third-order valence-corrected chi connectivity index (χ3v) is 4.43. The van der Waals surface area contributed by atoms with Crippen LogP contribution in [0.2, 0.25) is 0 Å². The van der Waals surface area contributed by atoms with Crippen molar-refractivity contribution in [3.63, 3.8) is 0 Å². The number of anilines is 1. The number of fused-ring (bicyclic) bond motifs is 1. The van der Waals surface area contributed by atoms with E-state index in [1.807, 2.05) is 36.4 Å². The molecule has 1 heterocycles. The standard InChI is InChI=1S/C13H10N2S2/c14-9-6-7-11-12(8-9)17-13(15-11)16-10-4-2-1-3-5-10/h1-8H,14H2. The van der Waals surface area contributed by atoms with E-state index in [4.69, 9.17) is 5.73 Å². The van der Waals surface area contributed by atoms with E-state index in [-0.39, 0.29) is 0 Å². The monoisotopic (exact) mass is 258 g/mol. The molecule has 0 unspecified atom stereocenters. The highest BCUT2D eigenvalue weighted by Gasteiger charge is 2.05. The van der Waals surface area contributed by atoms with Gasteiger partial charge in [-0.05, 0) is 30.3 Å². The van der Waals surface area contributed by atoms with Gasteiger partial charge in [0.1, 0.15) is 0 Å². The second-order valence-corrected chi connectivity index (χ2v) is 5.97. The molecule has 0 atom stereocenters. The molecule has 0 aliphatic rings. The lowest BCUT2D eigenvalue weighted by atomic mass is 10.3. The molecule has 0 bridgehead atoms. The predicted octanol–water partition coefficient (Wildman–Crippen LogP) is 4.03. The first-order chi connectivity index (χ1) is 8.31. The molecule has 0 aliphatic carbocycles. The minimum absolute atomic E-state index is 0.789. The highest BCUT2D eigenvalue weighted by molar-refractivity contribution is 8.01. The summed E-state index contributed by atoms with van der Waals surface area (Å²) < 4.78 is 2.19. The second-order valence-electron chi connectivity index (χ2n) is 3.62. The van der Waals surface area contributed by atoms with Crippen LogP contribution in [0.1, 0.15) is 0 Å². The second kappa shape index (κ2) is 4.39. The molecule has 0 radical (unpaired) electrons. The summed E-state index contributed by atoms with van der Waals surface area (Å²) in [6.07, 6.45) is 0. The van der Waals surface area contributed by atoms with Gasteiger partial charge in [0, 0.05) is 10.6 Å². The third kappa shape index (κ3) is 2.28. The van der Waals surface area contributed by atoms with Crippen molar-refractivity contribution in [2.45, 2.75) is 9.24 Å². The summed E-state index contributed by atoms with van der Waals surface area (Å²) in [7, 11) is 0. The van der Waals surface area contributed by atoms with Gasteiger partial charge in [-0.3, -0.25) is 0 Å². The maximum absolute atomic E-state index is 5.76. The lowest BCUT2D eigenvalue weighted by Gasteiger charge is -1.94. The van der Waals surface area contributed by atoms with Crippen LogP contribution in [0, 0.1) is 0 Å². The van der Waals surface area contributed by atoms with Gasteiger partial charge in [-0.25, -0.2) is 4.98 Å². The third-order valence-electron chi connectivity index (χ3n) is 2.34. The van der Waals surface area contributed by atoms with Crippen LogP contribution in [0.25, 0.3) is 10.2 Å². The molecule has 17 heavy (non-hydrogen) atoms. The zero-order valence-corrected chi connectivity index (χ0v) is 10.6. The van der Waals surface area contributed by atoms with Gasteiger partial charge in [0.25, 0.3) is 0 Å². The van der Waals surface area contributed by atoms with Crippen molar-refractivity contribution in [2.24, 2.45) is 0 Å². The van der Waals surface area contributed by atoms with E-state index in [0.29, 0.717) is 0 Å². The zero-order valence-electron chi connectivity index (χ0n) is 8.96. The largest absolute Gasteiger partial charge is 0.399 e. The summed E-state index contributed by atoms with van der Waals surface area (Å²) in [5.74, 6) is 0. The van der Waals surface area contributed by atoms with E-state index in [1.54, 1.807) is 23.1 Å². The minimum atomic E-state index is 0.789. The molecule has 0 spiro atoms. The van der Waals surface area contributed by atoms with Crippen LogP contribution in [0.4, 0.5) is 5.69 Å². The Labute approximate surface area is 107 Å². The molecule has 0 fully saturated rings. The van der Waals surface area contributed by atoms with E-state index >= 15 is 0 Å². The van der Waals surface area contributed by atoms with Crippen LogP contribution in [0.3, 0.4) is 0 Å². The lowest BCUT2D eigenvalue weighted by Crippen LogP contribution is -1.81. The summed E-state index contributed by atoms with van der Waals surface area (Å²) in [4.78, 5) is 5.78. The van der Waals surface area contributed by atoms with Crippen molar-refractivity contribution in [1.29, 1.82) is 0 Å². The van der Waals surface area contributed by atoms with Crippen LogP contribution >= 0.6 is 23.1 Å². The Hall–Kier alpha value is -1.52. The van der Waals surface area contributed by atoms with Gasteiger partial charge in [0.15, 0.2) is 4.34 Å². The Kier molecular flexibility index (Phi) is 2.74. The minimum Gasteiger partial charge on any atom is -0.399 e. The van der Waals surface area contributed by atoms with E-state index in [9.17, 15) is 0 Å². The van der Waals surface area contributed by atoms with Gasteiger partial charge in [0.05, 0.1) is 10.2 Å². The molecule has 3 aromatic rings. The molecule has 3 rings (SSSR count). The molecule has 0 saturated heterocycles. The van der Waals surface area contributed by atoms with Crippen molar-refractivity contribution in [3.8, 4) is 0 Å². The summed E-state index contributed by atoms with van der Waals surface area (Å²) in [5, 5.41) is 0. The average molecular weight is 258 g/mol.